The minimum absolute atomic E-state index is 0.0634. The van der Waals surface area contributed by atoms with Crippen LogP contribution in [-0.2, 0) is 4.84 Å². The van der Waals surface area contributed by atoms with Crippen LogP contribution in [0, 0.1) is 0 Å². The van der Waals surface area contributed by atoms with E-state index in [-0.39, 0.29) is 5.56 Å². The quantitative estimate of drug-likeness (QED) is 0.549. The highest BCUT2D eigenvalue weighted by Crippen LogP contribution is 2.28. The third-order valence-corrected chi connectivity index (χ3v) is 3.77. The Morgan fingerprint density at radius 2 is 1.85 bits per heavy atom. The van der Waals surface area contributed by atoms with Crippen LogP contribution in [-0.4, -0.2) is 24.2 Å². The minimum atomic E-state index is -0.455. The fraction of sp³-hybridized carbons (Fsp3) is 0.0500. The number of nitrogens with one attached hydrogen (secondary N) is 2. The second kappa shape index (κ2) is 7.94. The van der Waals surface area contributed by atoms with Gasteiger partial charge in [-0.15, -0.1) is 0 Å². The zero-order valence-electron chi connectivity index (χ0n) is 14.1. The molecule has 6 heteroatoms. The molecule has 0 aliphatic carbocycles. The van der Waals surface area contributed by atoms with Gasteiger partial charge in [0.15, 0.2) is 0 Å². The molecule has 2 aromatic carbocycles. The number of carbonyl (C=O) groups excluding carboxylic acids is 1. The molecule has 2 N–H and O–H groups in total. The molecular formula is C20H17N3O3. The zero-order valence-corrected chi connectivity index (χ0v) is 14.1. The van der Waals surface area contributed by atoms with E-state index in [2.05, 4.69) is 20.3 Å². The average molecular weight is 347 g/mol. The maximum atomic E-state index is 12.4. The Morgan fingerprint density at radius 3 is 2.58 bits per heavy atom. The molecule has 1 amide bonds. The highest BCUT2D eigenvalue weighted by Gasteiger charge is 2.12. The maximum Gasteiger partial charge on any atom is 0.261 e. The molecule has 0 spiro atoms. The van der Waals surface area contributed by atoms with Crippen LogP contribution in [0.5, 0.6) is 0 Å². The number of oxime groups is 1. The van der Waals surface area contributed by atoms with Crippen molar-refractivity contribution >= 4 is 17.8 Å². The molecule has 1 heterocycles. The average Bonchev–Trinajstić information content (AvgIpc) is 2.67. The number of amides is 1. The number of pyridine rings is 1. The second-order valence-electron chi connectivity index (χ2n) is 5.45. The SMILES string of the molecule is CO/N=C/c1ccc(-c2ccccc2NC(=O)c2ccc[nH]c2=O)cc1. The summed E-state index contributed by atoms with van der Waals surface area (Å²) < 4.78 is 0. The highest BCUT2D eigenvalue weighted by molar-refractivity contribution is 6.06. The summed E-state index contributed by atoms with van der Waals surface area (Å²) in [5, 5.41) is 6.54. The molecule has 1 aromatic heterocycles. The van der Waals surface area contributed by atoms with E-state index >= 15 is 0 Å². The van der Waals surface area contributed by atoms with Gasteiger partial charge in [0.05, 0.1) is 6.21 Å². The van der Waals surface area contributed by atoms with Crippen molar-refractivity contribution in [2.45, 2.75) is 0 Å². The van der Waals surface area contributed by atoms with Crippen molar-refractivity contribution < 1.29 is 9.63 Å². The van der Waals surface area contributed by atoms with Crippen LogP contribution in [0.1, 0.15) is 15.9 Å². The monoisotopic (exact) mass is 347 g/mol. The van der Waals surface area contributed by atoms with Crippen LogP contribution < -0.4 is 10.9 Å². The first-order chi connectivity index (χ1) is 12.7. The van der Waals surface area contributed by atoms with E-state index in [1.165, 1.54) is 19.4 Å². The molecule has 0 aliphatic heterocycles. The Balaban J connectivity index is 1.89. The molecule has 0 radical (unpaired) electrons. The molecule has 0 unspecified atom stereocenters. The Kier molecular flexibility index (Phi) is 5.24. The van der Waals surface area contributed by atoms with E-state index in [0.29, 0.717) is 5.69 Å². The van der Waals surface area contributed by atoms with E-state index in [1.807, 2.05) is 42.5 Å². The lowest BCUT2D eigenvalue weighted by Gasteiger charge is -2.11. The van der Waals surface area contributed by atoms with Gasteiger partial charge in [-0.3, -0.25) is 9.59 Å². The number of nitrogens with zero attached hydrogens (tertiary/aromatic N) is 1. The van der Waals surface area contributed by atoms with Gasteiger partial charge >= 0.3 is 0 Å². The van der Waals surface area contributed by atoms with Crippen molar-refractivity contribution in [1.29, 1.82) is 0 Å². The summed E-state index contributed by atoms with van der Waals surface area (Å²) in [4.78, 5) is 31.4. The second-order valence-corrected chi connectivity index (χ2v) is 5.45. The van der Waals surface area contributed by atoms with E-state index < -0.39 is 11.5 Å². The molecule has 0 atom stereocenters. The van der Waals surface area contributed by atoms with Crippen molar-refractivity contribution in [2.75, 3.05) is 12.4 Å². The van der Waals surface area contributed by atoms with Gasteiger partial charge in [0.2, 0.25) is 0 Å². The predicted molar refractivity (Wildman–Crippen MR) is 101 cm³/mol. The lowest BCUT2D eigenvalue weighted by atomic mass is 10.0. The number of rotatable bonds is 5. The number of benzene rings is 2. The topological polar surface area (TPSA) is 83.5 Å². The van der Waals surface area contributed by atoms with Crippen LogP contribution in [0.3, 0.4) is 0 Å². The van der Waals surface area contributed by atoms with E-state index in [9.17, 15) is 9.59 Å². The third-order valence-electron chi connectivity index (χ3n) is 3.77. The number of anilines is 1. The molecule has 3 aromatic rings. The fourth-order valence-corrected chi connectivity index (χ4v) is 2.50. The first-order valence-electron chi connectivity index (χ1n) is 7.94. The van der Waals surface area contributed by atoms with Gasteiger partial charge in [-0.2, -0.15) is 0 Å². The molecule has 0 bridgehead atoms. The number of hydrogen-bond acceptors (Lipinski definition) is 4. The fourth-order valence-electron chi connectivity index (χ4n) is 2.50. The van der Waals surface area contributed by atoms with Gasteiger partial charge in [0.1, 0.15) is 12.7 Å². The Bertz CT molecular complexity index is 991. The number of aromatic nitrogens is 1. The zero-order chi connectivity index (χ0) is 18.4. The predicted octanol–water partition coefficient (Wildman–Crippen LogP) is 3.27. The molecule has 0 aliphatic rings. The van der Waals surface area contributed by atoms with Crippen LogP contribution in [0.15, 0.2) is 76.8 Å². The first kappa shape index (κ1) is 17.2. The molecule has 0 saturated carbocycles. The summed E-state index contributed by atoms with van der Waals surface area (Å²) in [5.74, 6) is -0.455. The lowest BCUT2D eigenvalue weighted by molar-refractivity contribution is 0.102. The summed E-state index contributed by atoms with van der Waals surface area (Å²) in [5.41, 5.74) is 2.94. The van der Waals surface area contributed by atoms with Crippen molar-refractivity contribution in [3.63, 3.8) is 0 Å². The van der Waals surface area contributed by atoms with E-state index in [0.717, 1.165) is 16.7 Å². The Morgan fingerprint density at radius 1 is 1.08 bits per heavy atom. The van der Waals surface area contributed by atoms with Gasteiger partial charge in [-0.25, -0.2) is 0 Å². The van der Waals surface area contributed by atoms with Crippen LogP contribution in [0.2, 0.25) is 0 Å². The maximum absolute atomic E-state index is 12.4. The molecule has 26 heavy (non-hydrogen) atoms. The Hall–Kier alpha value is -3.67. The van der Waals surface area contributed by atoms with Gasteiger partial charge in [0, 0.05) is 17.4 Å². The number of hydrogen-bond donors (Lipinski definition) is 2. The van der Waals surface area contributed by atoms with E-state index in [4.69, 9.17) is 0 Å². The third kappa shape index (κ3) is 3.87. The van der Waals surface area contributed by atoms with Crippen molar-refractivity contribution in [3.8, 4) is 11.1 Å². The Labute approximate surface area is 150 Å². The molecule has 3 rings (SSSR count). The molecule has 0 saturated heterocycles. The van der Waals surface area contributed by atoms with Gasteiger partial charge in [0.25, 0.3) is 11.5 Å². The normalized spacial score (nSPS) is 10.7. The molecular weight excluding hydrogens is 330 g/mol. The standard InChI is InChI=1S/C20H17N3O3/c1-26-22-13-14-8-10-15(11-9-14)16-5-2-3-7-18(16)23-20(25)17-6-4-12-21-19(17)24/h2-13H,1H3,(H,21,24)(H,23,25)/b22-13+. The smallest absolute Gasteiger partial charge is 0.261 e. The van der Waals surface area contributed by atoms with Crippen molar-refractivity contribution in [2.24, 2.45) is 5.16 Å². The number of carbonyl (C=O) groups is 1. The number of aromatic amines is 1. The summed E-state index contributed by atoms with van der Waals surface area (Å²) in [7, 11) is 1.49. The summed E-state index contributed by atoms with van der Waals surface area (Å²) in [6.07, 6.45) is 3.10. The van der Waals surface area contributed by atoms with Gasteiger partial charge in [-0.1, -0.05) is 47.6 Å². The minimum Gasteiger partial charge on any atom is -0.399 e. The van der Waals surface area contributed by atoms with Crippen molar-refractivity contribution in [3.05, 3.63) is 88.3 Å². The van der Waals surface area contributed by atoms with Crippen molar-refractivity contribution in [1.82, 2.24) is 4.98 Å². The highest BCUT2D eigenvalue weighted by atomic mass is 16.6. The van der Waals surface area contributed by atoms with E-state index in [1.54, 1.807) is 18.3 Å². The van der Waals surface area contributed by atoms with Gasteiger partial charge in [-0.05, 0) is 29.3 Å². The number of H-pyrrole nitrogens is 1. The van der Waals surface area contributed by atoms with Crippen LogP contribution in [0.4, 0.5) is 5.69 Å². The molecule has 130 valence electrons. The summed E-state index contributed by atoms with van der Waals surface area (Å²) in [6.45, 7) is 0. The lowest BCUT2D eigenvalue weighted by Crippen LogP contribution is -2.22. The molecule has 0 fully saturated rings. The summed E-state index contributed by atoms with van der Waals surface area (Å²) in [6, 6.07) is 18.2. The largest absolute Gasteiger partial charge is 0.399 e. The van der Waals surface area contributed by atoms with Gasteiger partial charge < -0.3 is 15.1 Å². The number of para-hydroxylation sites is 1. The van der Waals surface area contributed by atoms with Crippen LogP contribution in [0.25, 0.3) is 11.1 Å². The first-order valence-corrected chi connectivity index (χ1v) is 7.94. The molecule has 6 nitrogen and oxygen atoms in total. The summed E-state index contributed by atoms with van der Waals surface area (Å²) >= 11 is 0. The van der Waals surface area contributed by atoms with Crippen LogP contribution >= 0.6 is 0 Å².